The number of amidine groups is 1. The minimum Gasteiger partial charge on any atom is -0.326 e. The molecule has 2 aromatic rings. The van der Waals surface area contributed by atoms with E-state index in [9.17, 15) is 9.59 Å². The monoisotopic (exact) mass is 381 g/mol. The Balaban J connectivity index is 1.75. The fourth-order valence-corrected chi connectivity index (χ4v) is 4.08. The second-order valence-corrected chi connectivity index (χ2v) is 7.66. The molecule has 0 aliphatic carbocycles. The van der Waals surface area contributed by atoms with Crippen molar-refractivity contribution < 1.29 is 9.59 Å². The van der Waals surface area contributed by atoms with Gasteiger partial charge in [0.2, 0.25) is 11.8 Å². The first-order chi connectivity index (χ1) is 13.0. The topological polar surface area (TPSA) is 61.8 Å². The van der Waals surface area contributed by atoms with E-state index < -0.39 is 5.25 Å². The van der Waals surface area contributed by atoms with Crippen LogP contribution >= 0.6 is 11.8 Å². The van der Waals surface area contributed by atoms with Gasteiger partial charge in [0.25, 0.3) is 0 Å². The molecule has 1 heterocycles. The number of thioether (sulfide) groups is 1. The fourth-order valence-electron chi connectivity index (χ4n) is 2.86. The molecule has 0 bridgehead atoms. The average molecular weight is 382 g/mol. The molecule has 0 saturated carbocycles. The predicted molar refractivity (Wildman–Crippen MR) is 111 cm³/mol. The van der Waals surface area contributed by atoms with Crippen molar-refractivity contribution in [2.24, 2.45) is 4.99 Å². The van der Waals surface area contributed by atoms with Crippen molar-refractivity contribution >= 4 is 40.1 Å². The van der Waals surface area contributed by atoms with Gasteiger partial charge in [0.15, 0.2) is 5.17 Å². The summed E-state index contributed by atoms with van der Waals surface area (Å²) in [7, 11) is 0. The molecule has 0 radical (unpaired) electrons. The number of carbonyl (C=O) groups is 2. The van der Waals surface area contributed by atoms with E-state index in [4.69, 9.17) is 4.99 Å². The molecule has 1 atom stereocenters. The van der Waals surface area contributed by atoms with Crippen LogP contribution in [0.2, 0.25) is 0 Å². The maximum Gasteiger partial charge on any atom is 0.242 e. The lowest BCUT2D eigenvalue weighted by atomic mass is 10.1. The molecule has 140 valence electrons. The van der Waals surface area contributed by atoms with E-state index in [1.165, 1.54) is 11.8 Å². The van der Waals surface area contributed by atoms with Gasteiger partial charge in [-0.3, -0.25) is 14.5 Å². The smallest absolute Gasteiger partial charge is 0.242 e. The molecule has 1 aliphatic heterocycles. The highest BCUT2D eigenvalue weighted by atomic mass is 32.2. The number of para-hydroxylation sites is 1. The van der Waals surface area contributed by atoms with E-state index in [1.54, 1.807) is 4.90 Å². The molecular weight excluding hydrogens is 358 g/mol. The summed E-state index contributed by atoms with van der Waals surface area (Å²) >= 11 is 1.37. The van der Waals surface area contributed by atoms with Gasteiger partial charge in [0.1, 0.15) is 5.25 Å². The number of amides is 2. The highest BCUT2D eigenvalue weighted by Crippen LogP contribution is 2.32. The first-order valence-electron chi connectivity index (χ1n) is 8.97. The molecule has 2 aromatic carbocycles. The van der Waals surface area contributed by atoms with Crippen LogP contribution in [0.1, 0.15) is 24.5 Å². The average Bonchev–Trinajstić information content (AvgIpc) is 2.93. The second-order valence-electron chi connectivity index (χ2n) is 6.49. The van der Waals surface area contributed by atoms with Crippen molar-refractivity contribution in [1.29, 1.82) is 0 Å². The van der Waals surface area contributed by atoms with Crippen LogP contribution in [-0.4, -0.2) is 33.7 Å². The third kappa shape index (κ3) is 4.57. The minimum absolute atomic E-state index is 0.0604. The molecule has 1 unspecified atom stereocenters. The SMILES string of the molecule is CCN1C(=O)C(CC(=O)Nc2ccccc2)SC1=Nc1cc(C)ccc1C. The minimum atomic E-state index is -0.447. The van der Waals surface area contributed by atoms with Crippen molar-refractivity contribution in [1.82, 2.24) is 4.90 Å². The van der Waals surface area contributed by atoms with Crippen molar-refractivity contribution in [3.05, 3.63) is 59.7 Å². The van der Waals surface area contributed by atoms with Gasteiger partial charge < -0.3 is 5.32 Å². The van der Waals surface area contributed by atoms with Crippen molar-refractivity contribution in [3.8, 4) is 0 Å². The van der Waals surface area contributed by atoms with E-state index in [1.807, 2.05) is 69.3 Å². The molecule has 2 amide bonds. The number of nitrogens with zero attached hydrogens (tertiary/aromatic N) is 2. The number of benzene rings is 2. The van der Waals surface area contributed by atoms with Crippen LogP contribution < -0.4 is 5.32 Å². The molecule has 1 saturated heterocycles. The Morgan fingerprint density at radius 3 is 2.63 bits per heavy atom. The van der Waals surface area contributed by atoms with E-state index in [-0.39, 0.29) is 18.2 Å². The molecule has 1 aliphatic rings. The number of hydrogen-bond donors (Lipinski definition) is 1. The van der Waals surface area contributed by atoms with Crippen LogP contribution in [0.25, 0.3) is 0 Å². The third-order valence-electron chi connectivity index (χ3n) is 4.35. The number of aliphatic imine (C=N–C) groups is 1. The maximum absolute atomic E-state index is 12.7. The van der Waals surface area contributed by atoms with Gasteiger partial charge in [0, 0.05) is 18.7 Å². The Bertz CT molecular complexity index is 880. The summed E-state index contributed by atoms with van der Waals surface area (Å²) in [6.07, 6.45) is 0.126. The van der Waals surface area contributed by atoms with Crippen LogP contribution in [0.15, 0.2) is 53.5 Å². The largest absolute Gasteiger partial charge is 0.326 e. The van der Waals surface area contributed by atoms with Gasteiger partial charge in [-0.25, -0.2) is 4.99 Å². The van der Waals surface area contributed by atoms with Crippen LogP contribution in [0, 0.1) is 13.8 Å². The summed E-state index contributed by atoms with van der Waals surface area (Å²) in [5.74, 6) is -0.231. The third-order valence-corrected chi connectivity index (χ3v) is 5.52. The highest BCUT2D eigenvalue weighted by molar-refractivity contribution is 8.15. The van der Waals surface area contributed by atoms with Gasteiger partial charge in [-0.05, 0) is 50.1 Å². The van der Waals surface area contributed by atoms with E-state index in [2.05, 4.69) is 5.32 Å². The second kappa shape index (κ2) is 8.39. The number of hydrogen-bond acceptors (Lipinski definition) is 4. The molecular formula is C21H23N3O2S. The van der Waals surface area contributed by atoms with Crippen molar-refractivity contribution in [2.75, 3.05) is 11.9 Å². The highest BCUT2D eigenvalue weighted by Gasteiger charge is 2.38. The molecule has 1 fully saturated rings. The summed E-state index contributed by atoms with van der Waals surface area (Å²) in [6, 6.07) is 15.3. The maximum atomic E-state index is 12.7. The molecule has 1 N–H and O–H groups in total. The number of aryl methyl sites for hydroxylation is 2. The van der Waals surface area contributed by atoms with Crippen LogP contribution in [0.5, 0.6) is 0 Å². The Morgan fingerprint density at radius 1 is 1.19 bits per heavy atom. The first-order valence-corrected chi connectivity index (χ1v) is 9.84. The Kier molecular flexibility index (Phi) is 5.96. The Hall–Kier alpha value is -2.60. The van der Waals surface area contributed by atoms with Gasteiger partial charge in [-0.15, -0.1) is 0 Å². The first kappa shape index (κ1) is 19.2. The van der Waals surface area contributed by atoms with Crippen LogP contribution in [-0.2, 0) is 9.59 Å². The summed E-state index contributed by atoms with van der Waals surface area (Å²) in [6.45, 7) is 6.47. The molecule has 0 aromatic heterocycles. The van der Waals surface area contributed by atoms with Crippen molar-refractivity contribution in [2.45, 2.75) is 32.4 Å². The fraction of sp³-hybridized carbons (Fsp3) is 0.286. The van der Waals surface area contributed by atoms with Gasteiger partial charge in [0.05, 0.1) is 5.69 Å². The lowest BCUT2D eigenvalue weighted by molar-refractivity contribution is -0.128. The van der Waals surface area contributed by atoms with Gasteiger partial charge >= 0.3 is 0 Å². The summed E-state index contributed by atoms with van der Waals surface area (Å²) in [5.41, 5.74) is 3.77. The van der Waals surface area contributed by atoms with Crippen molar-refractivity contribution in [3.63, 3.8) is 0 Å². The molecule has 0 spiro atoms. The Morgan fingerprint density at radius 2 is 1.93 bits per heavy atom. The summed E-state index contributed by atoms with van der Waals surface area (Å²) in [5, 5.41) is 3.05. The van der Waals surface area contributed by atoms with E-state index >= 15 is 0 Å². The molecule has 6 heteroatoms. The summed E-state index contributed by atoms with van der Waals surface area (Å²) in [4.78, 5) is 31.4. The summed E-state index contributed by atoms with van der Waals surface area (Å²) < 4.78 is 0. The number of nitrogens with one attached hydrogen (secondary N) is 1. The predicted octanol–water partition coefficient (Wildman–Crippen LogP) is 4.28. The number of rotatable bonds is 5. The number of carbonyl (C=O) groups excluding carboxylic acids is 2. The van der Waals surface area contributed by atoms with Crippen LogP contribution in [0.4, 0.5) is 11.4 Å². The van der Waals surface area contributed by atoms with Crippen LogP contribution in [0.3, 0.4) is 0 Å². The number of anilines is 1. The quantitative estimate of drug-likeness (QED) is 0.841. The zero-order valence-electron chi connectivity index (χ0n) is 15.7. The standard InChI is InChI=1S/C21H23N3O2S/c1-4-24-20(26)18(13-19(25)22-16-8-6-5-7-9-16)27-21(24)23-17-12-14(2)10-11-15(17)3/h5-12,18H,4,13H2,1-3H3,(H,22,25). The van der Waals surface area contributed by atoms with E-state index in [0.717, 1.165) is 22.5 Å². The van der Waals surface area contributed by atoms with E-state index in [0.29, 0.717) is 11.7 Å². The zero-order valence-corrected chi connectivity index (χ0v) is 16.5. The molecule has 3 rings (SSSR count). The molecule has 5 nitrogen and oxygen atoms in total. The normalized spacial score (nSPS) is 18.2. The van der Waals surface area contributed by atoms with Gasteiger partial charge in [-0.1, -0.05) is 42.1 Å². The zero-order chi connectivity index (χ0) is 19.4. The lowest BCUT2D eigenvalue weighted by Gasteiger charge is -2.14. The Labute approximate surface area is 163 Å². The lowest BCUT2D eigenvalue weighted by Crippen LogP contribution is -2.33. The van der Waals surface area contributed by atoms with Gasteiger partial charge in [-0.2, -0.15) is 0 Å². The molecule has 27 heavy (non-hydrogen) atoms.